The molecule has 0 bridgehead atoms. The van der Waals surface area contributed by atoms with E-state index in [1.165, 1.54) is 50.5 Å². The van der Waals surface area contributed by atoms with Crippen LogP contribution in [0.4, 0.5) is 0 Å². The van der Waals surface area contributed by atoms with E-state index in [-0.39, 0.29) is 11.5 Å². The summed E-state index contributed by atoms with van der Waals surface area (Å²) in [4.78, 5) is 0. The maximum absolute atomic E-state index is 6.56. The van der Waals surface area contributed by atoms with Crippen LogP contribution in [0.5, 0.6) is 5.75 Å². The summed E-state index contributed by atoms with van der Waals surface area (Å²) in [5.74, 6) is 0.995. The van der Waals surface area contributed by atoms with Crippen molar-refractivity contribution in [2.75, 3.05) is 0 Å². The topological polar surface area (TPSA) is 35.2 Å². The second-order valence-corrected chi connectivity index (χ2v) is 6.58. The Kier molecular flexibility index (Phi) is 3.53. The first kappa shape index (κ1) is 13.0. The van der Waals surface area contributed by atoms with E-state index >= 15 is 0 Å². The van der Waals surface area contributed by atoms with E-state index in [1.54, 1.807) is 0 Å². The molecule has 2 nitrogen and oxygen atoms in total. The highest BCUT2D eigenvalue weighted by atomic mass is 16.5. The van der Waals surface area contributed by atoms with Crippen LogP contribution in [0.1, 0.15) is 63.5 Å². The standard InChI is InChI=1S/C17H25NO/c1-17(10-3-2-4-11-17)16(18)13-6-5-7-15(12-13)19-14-8-9-14/h5-7,12,14,16H,2-4,8-11,18H2,1H3. The number of hydrogen-bond donors (Lipinski definition) is 1. The van der Waals surface area contributed by atoms with Crippen molar-refractivity contribution < 1.29 is 4.74 Å². The van der Waals surface area contributed by atoms with Gasteiger partial charge >= 0.3 is 0 Å². The van der Waals surface area contributed by atoms with Gasteiger partial charge in [-0.1, -0.05) is 38.3 Å². The molecule has 2 aliphatic rings. The molecule has 19 heavy (non-hydrogen) atoms. The van der Waals surface area contributed by atoms with Gasteiger partial charge in [0.2, 0.25) is 0 Å². The molecule has 0 aliphatic heterocycles. The first-order valence-corrected chi connectivity index (χ1v) is 7.70. The highest BCUT2D eigenvalue weighted by Crippen LogP contribution is 2.44. The van der Waals surface area contributed by atoms with E-state index in [2.05, 4.69) is 31.2 Å². The van der Waals surface area contributed by atoms with Gasteiger partial charge in [0.1, 0.15) is 5.75 Å². The zero-order valence-electron chi connectivity index (χ0n) is 11.9. The van der Waals surface area contributed by atoms with Gasteiger partial charge in [0.15, 0.2) is 0 Å². The third kappa shape index (κ3) is 2.94. The largest absolute Gasteiger partial charge is 0.490 e. The molecular weight excluding hydrogens is 234 g/mol. The first-order valence-electron chi connectivity index (χ1n) is 7.70. The molecule has 1 atom stereocenters. The number of rotatable bonds is 4. The lowest BCUT2D eigenvalue weighted by molar-refractivity contribution is 0.170. The SMILES string of the molecule is CC1(C(N)c2cccc(OC3CC3)c2)CCCCC1. The molecular formula is C17H25NO. The Balaban J connectivity index is 1.75. The Bertz CT molecular complexity index is 433. The lowest BCUT2D eigenvalue weighted by Gasteiger charge is -2.39. The van der Waals surface area contributed by atoms with Gasteiger partial charge < -0.3 is 10.5 Å². The van der Waals surface area contributed by atoms with Crippen molar-refractivity contribution in [2.24, 2.45) is 11.1 Å². The van der Waals surface area contributed by atoms with Crippen LogP contribution >= 0.6 is 0 Å². The van der Waals surface area contributed by atoms with Gasteiger partial charge in [-0.3, -0.25) is 0 Å². The van der Waals surface area contributed by atoms with Crippen molar-refractivity contribution >= 4 is 0 Å². The van der Waals surface area contributed by atoms with Crippen LogP contribution in [0.2, 0.25) is 0 Å². The van der Waals surface area contributed by atoms with Crippen molar-refractivity contribution in [3.8, 4) is 5.75 Å². The normalized spacial score (nSPS) is 23.9. The fourth-order valence-electron chi connectivity index (χ4n) is 3.23. The molecule has 3 rings (SSSR count). The van der Waals surface area contributed by atoms with Crippen molar-refractivity contribution in [3.63, 3.8) is 0 Å². The minimum atomic E-state index is 0.135. The molecule has 0 radical (unpaired) electrons. The first-order chi connectivity index (χ1) is 9.17. The summed E-state index contributed by atoms with van der Waals surface area (Å²) in [6, 6.07) is 8.58. The summed E-state index contributed by atoms with van der Waals surface area (Å²) in [6.07, 6.45) is 9.38. The molecule has 0 heterocycles. The van der Waals surface area contributed by atoms with E-state index in [1.807, 2.05) is 0 Å². The van der Waals surface area contributed by atoms with E-state index < -0.39 is 0 Å². The van der Waals surface area contributed by atoms with E-state index in [4.69, 9.17) is 10.5 Å². The van der Waals surface area contributed by atoms with Gasteiger partial charge in [0, 0.05) is 6.04 Å². The second kappa shape index (κ2) is 5.16. The summed E-state index contributed by atoms with van der Waals surface area (Å²) in [7, 11) is 0. The van der Waals surface area contributed by atoms with Crippen molar-refractivity contribution in [2.45, 2.75) is 64.0 Å². The number of hydrogen-bond acceptors (Lipinski definition) is 2. The molecule has 1 aromatic carbocycles. The van der Waals surface area contributed by atoms with Crippen LogP contribution in [0.3, 0.4) is 0 Å². The van der Waals surface area contributed by atoms with Gasteiger partial charge in [0.25, 0.3) is 0 Å². The second-order valence-electron chi connectivity index (χ2n) is 6.58. The molecule has 2 heteroatoms. The summed E-state index contributed by atoms with van der Waals surface area (Å²) >= 11 is 0. The average Bonchev–Trinajstić information content (AvgIpc) is 3.23. The van der Waals surface area contributed by atoms with Crippen molar-refractivity contribution in [1.29, 1.82) is 0 Å². The lowest BCUT2D eigenvalue weighted by atomic mass is 9.69. The molecule has 0 aromatic heterocycles. The van der Waals surface area contributed by atoms with Crippen LogP contribution in [-0.4, -0.2) is 6.10 Å². The maximum Gasteiger partial charge on any atom is 0.120 e. The zero-order chi connectivity index (χ0) is 13.3. The minimum Gasteiger partial charge on any atom is -0.490 e. The summed E-state index contributed by atoms with van der Waals surface area (Å²) in [5, 5.41) is 0. The Morgan fingerprint density at radius 3 is 2.63 bits per heavy atom. The van der Waals surface area contributed by atoms with E-state index in [0.717, 1.165) is 5.75 Å². The highest BCUT2D eigenvalue weighted by Gasteiger charge is 2.34. The van der Waals surface area contributed by atoms with Gasteiger partial charge in [-0.15, -0.1) is 0 Å². The summed E-state index contributed by atoms with van der Waals surface area (Å²) in [5.41, 5.74) is 8.06. The van der Waals surface area contributed by atoms with Crippen molar-refractivity contribution in [3.05, 3.63) is 29.8 Å². The molecule has 2 fully saturated rings. The predicted molar refractivity (Wildman–Crippen MR) is 78.2 cm³/mol. The predicted octanol–water partition coefficient (Wildman–Crippen LogP) is 4.20. The molecule has 0 spiro atoms. The van der Waals surface area contributed by atoms with Gasteiger partial charge in [-0.05, 0) is 48.8 Å². The third-order valence-electron chi connectivity index (χ3n) is 4.79. The van der Waals surface area contributed by atoms with E-state index in [9.17, 15) is 0 Å². The Morgan fingerprint density at radius 2 is 1.95 bits per heavy atom. The Labute approximate surface area is 116 Å². The number of benzene rings is 1. The maximum atomic E-state index is 6.56. The Morgan fingerprint density at radius 1 is 1.21 bits per heavy atom. The minimum absolute atomic E-state index is 0.135. The Hall–Kier alpha value is -1.02. The molecule has 0 saturated heterocycles. The van der Waals surface area contributed by atoms with Gasteiger partial charge in [-0.2, -0.15) is 0 Å². The molecule has 2 N–H and O–H groups in total. The number of nitrogens with two attached hydrogens (primary N) is 1. The van der Waals surface area contributed by atoms with Gasteiger partial charge in [0.05, 0.1) is 6.10 Å². The third-order valence-corrected chi connectivity index (χ3v) is 4.79. The quantitative estimate of drug-likeness (QED) is 0.879. The smallest absolute Gasteiger partial charge is 0.120 e. The van der Waals surface area contributed by atoms with Crippen LogP contribution < -0.4 is 10.5 Å². The molecule has 1 aromatic rings. The van der Waals surface area contributed by atoms with E-state index in [0.29, 0.717) is 6.10 Å². The van der Waals surface area contributed by atoms with Crippen LogP contribution in [0.15, 0.2) is 24.3 Å². The van der Waals surface area contributed by atoms with Crippen LogP contribution in [0, 0.1) is 5.41 Å². The van der Waals surface area contributed by atoms with Crippen LogP contribution in [-0.2, 0) is 0 Å². The van der Waals surface area contributed by atoms with Gasteiger partial charge in [-0.25, -0.2) is 0 Å². The van der Waals surface area contributed by atoms with Crippen LogP contribution in [0.25, 0.3) is 0 Å². The summed E-state index contributed by atoms with van der Waals surface area (Å²) < 4.78 is 5.88. The fraction of sp³-hybridized carbons (Fsp3) is 0.647. The lowest BCUT2D eigenvalue weighted by Crippen LogP contribution is -2.33. The zero-order valence-corrected chi connectivity index (χ0v) is 11.9. The summed E-state index contributed by atoms with van der Waals surface area (Å²) in [6.45, 7) is 2.35. The molecule has 2 aliphatic carbocycles. The molecule has 0 amide bonds. The average molecular weight is 259 g/mol. The fourth-order valence-corrected chi connectivity index (χ4v) is 3.23. The highest BCUT2D eigenvalue weighted by molar-refractivity contribution is 5.32. The monoisotopic (exact) mass is 259 g/mol. The molecule has 104 valence electrons. The molecule has 2 saturated carbocycles. The molecule has 1 unspecified atom stereocenters. The van der Waals surface area contributed by atoms with Crippen molar-refractivity contribution in [1.82, 2.24) is 0 Å². The number of ether oxygens (including phenoxy) is 1.